The molecule has 0 radical (unpaired) electrons. The van der Waals surface area contributed by atoms with E-state index < -0.39 is 15.9 Å². The number of aromatic nitrogens is 2. The molecule has 0 aliphatic carbocycles. The van der Waals surface area contributed by atoms with Crippen molar-refractivity contribution < 1.29 is 17.9 Å². The monoisotopic (exact) mass is 414 g/mol. The standard InChI is InChI=1S/C20H22N4O4S/c1-3-28-18-7-5-4-6-15(18)12-21-19(25)17-13-22-23-20(17)29(26,27)24-16-10-8-14(2)9-11-16/h4-11,13,24H,3,12H2,1-2H3,(H,21,25)(H,22,23). The third kappa shape index (κ3) is 4.94. The zero-order valence-electron chi connectivity index (χ0n) is 16.1. The van der Waals surface area contributed by atoms with Crippen LogP contribution in [-0.2, 0) is 16.6 Å². The molecule has 0 unspecified atom stereocenters. The lowest BCUT2D eigenvalue weighted by molar-refractivity contribution is 0.0947. The predicted molar refractivity (Wildman–Crippen MR) is 109 cm³/mol. The molecule has 1 aromatic heterocycles. The molecule has 0 saturated heterocycles. The van der Waals surface area contributed by atoms with E-state index in [0.717, 1.165) is 11.1 Å². The summed E-state index contributed by atoms with van der Waals surface area (Å²) in [6.45, 7) is 4.46. The first-order valence-electron chi connectivity index (χ1n) is 9.02. The zero-order valence-corrected chi connectivity index (χ0v) is 16.9. The molecule has 29 heavy (non-hydrogen) atoms. The third-order valence-electron chi connectivity index (χ3n) is 4.13. The number of benzene rings is 2. The number of para-hydroxylation sites is 1. The molecule has 1 amide bonds. The second-order valence-electron chi connectivity index (χ2n) is 6.31. The predicted octanol–water partition coefficient (Wildman–Crippen LogP) is 2.85. The van der Waals surface area contributed by atoms with Crippen molar-refractivity contribution in [2.24, 2.45) is 0 Å². The summed E-state index contributed by atoms with van der Waals surface area (Å²) in [5, 5.41) is 8.56. The fourth-order valence-electron chi connectivity index (χ4n) is 2.69. The highest BCUT2D eigenvalue weighted by Gasteiger charge is 2.25. The quantitative estimate of drug-likeness (QED) is 0.525. The number of sulfonamides is 1. The van der Waals surface area contributed by atoms with E-state index in [1.54, 1.807) is 24.3 Å². The van der Waals surface area contributed by atoms with Crippen molar-refractivity contribution in [1.29, 1.82) is 0 Å². The van der Waals surface area contributed by atoms with Crippen molar-refractivity contribution in [2.45, 2.75) is 25.4 Å². The van der Waals surface area contributed by atoms with Crippen LogP contribution in [0.15, 0.2) is 59.8 Å². The van der Waals surface area contributed by atoms with Gasteiger partial charge in [-0.2, -0.15) is 13.5 Å². The Morgan fingerprint density at radius 3 is 2.59 bits per heavy atom. The second kappa shape index (κ2) is 8.78. The highest BCUT2D eigenvalue weighted by Crippen LogP contribution is 2.20. The maximum Gasteiger partial charge on any atom is 0.279 e. The number of aromatic amines is 1. The number of ether oxygens (including phenoxy) is 1. The molecular formula is C20H22N4O4S. The van der Waals surface area contributed by atoms with Crippen molar-refractivity contribution in [3.8, 4) is 5.75 Å². The van der Waals surface area contributed by atoms with E-state index >= 15 is 0 Å². The number of amides is 1. The molecule has 3 N–H and O–H groups in total. The highest BCUT2D eigenvalue weighted by atomic mass is 32.2. The molecule has 2 aromatic carbocycles. The van der Waals surface area contributed by atoms with Gasteiger partial charge in [-0.1, -0.05) is 35.9 Å². The summed E-state index contributed by atoms with van der Waals surface area (Å²) in [6, 6.07) is 14.2. The zero-order chi connectivity index (χ0) is 20.9. The summed E-state index contributed by atoms with van der Waals surface area (Å²) in [5.74, 6) is 0.103. The Kier molecular flexibility index (Phi) is 6.18. The second-order valence-corrected chi connectivity index (χ2v) is 7.93. The van der Waals surface area contributed by atoms with Gasteiger partial charge in [0.1, 0.15) is 5.75 Å². The number of nitrogens with one attached hydrogen (secondary N) is 3. The molecule has 0 fully saturated rings. The topological polar surface area (TPSA) is 113 Å². The minimum atomic E-state index is -4.01. The van der Waals surface area contributed by atoms with E-state index in [-0.39, 0.29) is 17.1 Å². The summed E-state index contributed by atoms with van der Waals surface area (Å²) in [5.41, 5.74) is 2.11. The lowest BCUT2D eigenvalue weighted by Crippen LogP contribution is -2.25. The Labute approximate surface area is 169 Å². The normalized spacial score (nSPS) is 11.1. The Balaban J connectivity index is 1.75. The van der Waals surface area contributed by atoms with Gasteiger partial charge in [0.05, 0.1) is 18.4 Å². The first-order chi connectivity index (χ1) is 13.9. The first kappa shape index (κ1) is 20.4. The van der Waals surface area contributed by atoms with Crippen LogP contribution in [0, 0.1) is 6.92 Å². The number of aryl methyl sites for hydroxylation is 1. The molecule has 0 aliphatic heterocycles. The Morgan fingerprint density at radius 1 is 1.14 bits per heavy atom. The average molecular weight is 414 g/mol. The smallest absolute Gasteiger partial charge is 0.279 e. The Hall–Kier alpha value is -3.33. The van der Waals surface area contributed by atoms with E-state index in [0.29, 0.717) is 18.0 Å². The van der Waals surface area contributed by atoms with Crippen LogP contribution in [0.5, 0.6) is 5.75 Å². The maximum atomic E-state index is 12.7. The lowest BCUT2D eigenvalue weighted by atomic mass is 10.2. The molecule has 1 heterocycles. The third-order valence-corrected chi connectivity index (χ3v) is 5.49. The van der Waals surface area contributed by atoms with Crippen LogP contribution in [0.2, 0.25) is 0 Å². The fourth-order valence-corrected chi connectivity index (χ4v) is 3.84. The molecule has 8 nitrogen and oxygen atoms in total. The number of nitrogens with zero attached hydrogens (tertiary/aromatic N) is 1. The molecule has 3 aromatic rings. The van der Waals surface area contributed by atoms with Crippen molar-refractivity contribution in [3.63, 3.8) is 0 Å². The number of carbonyl (C=O) groups is 1. The number of H-pyrrole nitrogens is 1. The summed E-state index contributed by atoms with van der Waals surface area (Å²) in [4.78, 5) is 12.6. The van der Waals surface area contributed by atoms with Gasteiger partial charge in [0.15, 0.2) is 5.03 Å². The SMILES string of the molecule is CCOc1ccccc1CNC(=O)c1cn[nH]c1S(=O)(=O)Nc1ccc(C)cc1. The molecular weight excluding hydrogens is 392 g/mol. The van der Waals surface area contributed by atoms with Crippen LogP contribution >= 0.6 is 0 Å². The Morgan fingerprint density at radius 2 is 1.86 bits per heavy atom. The van der Waals surface area contributed by atoms with Gasteiger partial charge in [0, 0.05) is 17.8 Å². The number of carbonyl (C=O) groups excluding carboxylic acids is 1. The highest BCUT2D eigenvalue weighted by molar-refractivity contribution is 7.92. The molecule has 0 bridgehead atoms. The van der Waals surface area contributed by atoms with Crippen molar-refractivity contribution >= 4 is 21.6 Å². The molecule has 0 aliphatic rings. The summed E-state index contributed by atoms with van der Waals surface area (Å²) >= 11 is 0. The number of hydrogen-bond donors (Lipinski definition) is 3. The van der Waals surface area contributed by atoms with E-state index in [4.69, 9.17) is 4.74 Å². The van der Waals surface area contributed by atoms with Crippen molar-refractivity contribution in [3.05, 3.63) is 71.4 Å². The van der Waals surface area contributed by atoms with Gasteiger partial charge < -0.3 is 10.1 Å². The van der Waals surface area contributed by atoms with Gasteiger partial charge >= 0.3 is 0 Å². The molecule has 152 valence electrons. The number of rotatable bonds is 8. The summed E-state index contributed by atoms with van der Waals surface area (Å²) in [6.07, 6.45) is 1.19. The summed E-state index contributed by atoms with van der Waals surface area (Å²) in [7, 11) is -4.01. The first-order valence-corrected chi connectivity index (χ1v) is 10.5. The van der Waals surface area contributed by atoms with Crippen LogP contribution in [0.25, 0.3) is 0 Å². The maximum absolute atomic E-state index is 12.7. The molecule has 0 saturated carbocycles. The molecule has 0 atom stereocenters. The fraction of sp³-hybridized carbons (Fsp3) is 0.200. The molecule has 9 heteroatoms. The average Bonchev–Trinajstić information content (AvgIpc) is 3.20. The van der Waals surface area contributed by atoms with Crippen LogP contribution < -0.4 is 14.8 Å². The van der Waals surface area contributed by atoms with Gasteiger partial charge in [-0.3, -0.25) is 14.6 Å². The van der Waals surface area contributed by atoms with Gasteiger partial charge in [0.2, 0.25) is 0 Å². The Bertz CT molecular complexity index is 1090. The minimum Gasteiger partial charge on any atom is -0.494 e. The van der Waals surface area contributed by atoms with E-state index in [9.17, 15) is 13.2 Å². The van der Waals surface area contributed by atoms with Crippen molar-refractivity contribution in [1.82, 2.24) is 15.5 Å². The van der Waals surface area contributed by atoms with Crippen LogP contribution in [0.1, 0.15) is 28.4 Å². The van der Waals surface area contributed by atoms with E-state index in [2.05, 4.69) is 20.2 Å². The van der Waals surface area contributed by atoms with E-state index in [1.807, 2.05) is 38.1 Å². The molecule has 0 spiro atoms. The number of anilines is 1. The number of hydrogen-bond acceptors (Lipinski definition) is 5. The largest absolute Gasteiger partial charge is 0.494 e. The van der Waals surface area contributed by atoms with Crippen LogP contribution in [0.3, 0.4) is 0 Å². The van der Waals surface area contributed by atoms with Crippen LogP contribution in [0.4, 0.5) is 5.69 Å². The van der Waals surface area contributed by atoms with Crippen molar-refractivity contribution in [2.75, 3.05) is 11.3 Å². The molecule has 3 rings (SSSR count). The summed E-state index contributed by atoms with van der Waals surface area (Å²) < 4.78 is 33.4. The van der Waals surface area contributed by atoms with Gasteiger partial charge in [0.25, 0.3) is 15.9 Å². The van der Waals surface area contributed by atoms with Gasteiger partial charge in [-0.05, 0) is 32.0 Å². The van der Waals surface area contributed by atoms with Gasteiger partial charge in [-0.15, -0.1) is 0 Å². The van der Waals surface area contributed by atoms with Gasteiger partial charge in [-0.25, -0.2) is 0 Å². The lowest BCUT2D eigenvalue weighted by Gasteiger charge is -2.11. The minimum absolute atomic E-state index is 0.0708. The van der Waals surface area contributed by atoms with E-state index in [1.165, 1.54) is 6.20 Å². The van der Waals surface area contributed by atoms with Crippen LogP contribution in [-0.4, -0.2) is 31.1 Å².